The van der Waals surface area contributed by atoms with Crippen molar-refractivity contribution in [2.45, 2.75) is 44.5 Å². The monoisotopic (exact) mass is 497 g/mol. The molecule has 0 saturated carbocycles. The van der Waals surface area contributed by atoms with Crippen molar-refractivity contribution in [2.24, 2.45) is 11.1 Å². The second kappa shape index (κ2) is 10.4. The summed E-state index contributed by atoms with van der Waals surface area (Å²) in [5.74, 6) is -3.99. The Labute approximate surface area is 197 Å². The third-order valence-electron chi connectivity index (χ3n) is 5.61. The van der Waals surface area contributed by atoms with Gasteiger partial charge in [0.2, 0.25) is 5.60 Å². The minimum atomic E-state index is -4.78. The number of hydrogen-bond donors (Lipinski definition) is 1. The zero-order chi connectivity index (χ0) is 25.8. The molecule has 1 N–H and O–H groups in total. The van der Waals surface area contributed by atoms with Gasteiger partial charge in [0, 0.05) is 23.9 Å². The molecule has 0 spiro atoms. The number of pyridine rings is 1. The number of carbonyl (C=O) groups is 3. The number of oxime groups is 1. The molecule has 0 fully saturated rings. The van der Waals surface area contributed by atoms with E-state index in [1.807, 2.05) is 30.3 Å². The van der Waals surface area contributed by atoms with Gasteiger partial charge in [0.15, 0.2) is 12.4 Å². The van der Waals surface area contributed by atoms with Crippen molar-refractivity contribution in [1.82, 2.24) is 10.3 Å². The summed E-state index contributed by atoms with van der Waals surface area (Å²) in [5, 5.41) is 7.96. The van der Waals surface area contributed by atoms with Crippen LogP contribution in [0.3, 0.4) is 0 Å². The molecule has 1 aromatic carbocycles. The largest absolute Gasteiger partial charge is 0.456 e. The van der Waals surface area contributed by atoms with Crippen molar-refractivity contribution in [2.75, 3.05) is 13.3 Å². The highest BCUT2D eigenvalue weighted by atomic mass is 19.4. The number of alkyl halides is 4. The first-order valence-electron chi connectivity index (χ1n) is 10.7. The molecule has 35 heavy (non-hydrogen) atoms. The second-order valence-corrected chi connectivity index (χ2v) is 8.34. The highest BCUT2D eigenvalue weighted by Crippen LogP contribution is 2.35. The van der Waals surface area contributed by atoms with E-state index in [1.165, 1.54) is 0 Å². The quantitative estimate of drug-likeness (QED) is 0.421. The molecule has 8 nitrogen and oxygen atoms in total. The lowest BCUT2D eigenvalue weighted by atomic mass is 9.83. The van der Waals surface area contributed by atoms with Gasteiger partial charge >= 0.3 is 12.1 Å². The SMILES string of the molecule is CC(C)C1(C(=O)N[C@@H](CC(=O)OCC(F)(F)F)C(=O)CF)CC(c2nccc3ccccc23)=NO1. The number of hydrogen-bond acceptors (Lipinski definition) is 7. The normalized spacial score (nSPS) is 18.7. The van der Waals surface area contributed by atoms with Crippen molar-refractivity contribution >= 4 is 34.1 Å². The number of halogens is 4. The van der Waals surface area contributed by atoms with E-state index in [0.29, 0.717) is 11.4 Å². The Morgan fingerprint density at radius 2 is 1.91 bits per heavy atom. The molecule has 1 unspecified atom stereocenters. The van der Waals surface area contributed by atoms with Gasteiger partial charge in [-0.3, -0.25) is 19.4 Å². The van der Waals surface area contributed by atoms with E-state index in [1.54, 1.807) is 20.0 Å². The molecular weight excluding hydrogens is 474 g/mol. The Morgan fingerprint density at radius 1 is 1.20 bits per heavy atom. The number of carbonyl (C=O) groups excluding carboxylic acids is 3. The number of esters is 1. The average Bonchev–Trinajstić information content (AvgIpc) is 3.28. The van der Waals surface area contributed by atoms with Crippen LogP contribution in [0.1, 0.15) is 32.4 Å². The summed E-state index contributed by atoms with van der Waals surface area (Å²) >= 11 is 0. The number of ketones is 1. The van der Waals surface area contributed by atoms with E-state index in [-0.39, 0.29) is 6.42 Å². The minimum Gasteiger partial charge on any atom is -0.456 e. The maximum atomic E-state index is 13.2. The second-order valence-electron chi connectivity index (χ2n) is 8.34. The number of nitrogens with zero attached hydrogens (tertiary/aromatic N) is 2. The molecular formula is C23H23F4N3O5. The fraction of sp³-hybridized carbons (Fsp3) is 0.435. The van der Waals surface area contributed by atoms with Crippen molar-refractivity contribution < 1.29 is 41.5 Å². The highest BCUT2D eigenvalue weighted by molar-refractivity contribution is 6.12. The van der Waals surface area contributed by atoms with Crippen molar-refractivity contribution in [3.05, 3.63) is 42.2 Å². The summed E-state index contributed by atoms with van der Waals surface area (Å²) < 4.78 is 54.0. The number of aromatic nitrogens is 1. The zero-order valence-corrected chi connectivity index (χ0v) is 18.9. The zero-order valence-electron chi connectivity index (χ0n) is 18.9. The first-order valence-corrected chi connectivity index (χ1v) is 10.7. The molecule has 0 saturated heterocycles. The van der Waals surface area contributed by atoms with Gasteiger partial charge in [-0.15, -0.1) is 0 Å². The van der Waals surface area contributed by atoms with E-state index >= 15 is 0 Å². The first-order chi connectivity index (χ1) is 16.5. The van der Waals surface area contributed by atoms with Gasteiger partial charge in [0.25, 0.3) is 5.91 Å². The smallest absolute Gasteiger partial charge is 0.422 e. The number of Topliss-reactive ketones (excluding diaryl/α,β-unsaturated/α-hetero) is 1. The standard InChI is InChI=1S/C23H23F4N3O5/c1-13(2)22(10-17(30-35-22)20-15-6-4-3-5-14(15)7-8-28-20)21(33)29-16(18(31)11-24)9-19(32)34-12-23(25,26)27/h3-8,13,16H,9-12H2,1-2H3,(H,29,33)/t16-,22?/m0/s1. The average molecular weight is 497 g/mol. The maximum Gasteiger partial charge on any atom is 0.422 e. The van der Waals surface area contributed by atoms with Crippen LogP contribution in [0, 0.1) is 5.92 Å². The predicted molar refractivity (Wildman–Crippen MR) is 116 cm³/mol. The Balaban J connectivity index is 1.79. The Bertz CT molecular complexity index is 1150. The van der Waals surface area contributed by atoms with E-state index in [9.17, 15) is 31.9 Å². The van der Waals surface area contributed by atoms with Gasteiger partial charge < -0.3 is 14.9 Å². The number of ether oxygens (including phenoxy) is 1. The fourth-order valence-corrected chi connectivity index (χ4v) is 3.63. The van der Waals surface area contributed by atoms with Gasteiger partial charge in [-0.1, -0.05) is 43.3 Å². The Morgan fingerprint density at radius 3 is 2.57 bits per heavy atom. The van der Waals surface area contributed by atoms with Gasteiger partial charge in [-0.2, -0.15) is 13.2 Å². The summed E-state index contributed by atoms with van der Waals surface area (Å²) in [6, 6.07) is 7.45. The number of fused-ring (bicyclic) bond motifs is 1. The lowest BCUT2D eigenvalue weighted by Crippen LogP contribution is -2.56. The molecule has 1 aromatic heterocycles. The van der Waals surface area contributed by atoms with Gasteiger partial charge in [-0.05, 0) is 11.5 Å². The highest BCUT2D eigenvalue weighted by Gasteiger charge is 2.51. The lowest BCUT2D eigenvalue weighted by molar-refractivity contribution is -0.186. The molecule has 1 aliphatic heterocycles. The molecule has 3 rings (SSSR count). The number of amides is 1. The summed E-state index contributed by atoms with van der Waals surface area (Å²) in [7, 11) is 0. The van der Waals surface area contributed by atoms with Crippen LogP contribution in [0.25, 0.3) is 10.8 Å². The summed E-state index contributed by atoms with van der Waals surface area (Å²) in [4.78, 5) is 46.9. The summed E-state index contributed by atoms with van der Waals surface area (Å²) in [5.41, 5.74) is -0.771. The summed E-state index contributed by atoms with van der Waals surface area (Å²) in [6.07, 6.45) is -4.22. The molecule has 0 bridgehead atoms. The van der Waals surface area contributed by atoms with E-state index in [0.717, 1.165) is 10.8 Å². The molecule has 2 aromatic rings. The number of rotatable bonds is 9. The van der Waals surface area contributed by atoms with Crippen LogP contribution in [0.4, 0.5) is 17.6 Å². The van der Waals surface area contributed by atoms with Crippen molar-refractivity contribution in [3.63, 3.8) is 0 Å². The van der Waals surface area contributed by atoms with E-state index in [2.05, 4.69) is 20.2 Å². The molecule has 2 atom stereocenters. The fourth-order valence-electron chi connectivity index (χ4n) is 3.63. The molecule has 1 aliphatic rings. The summed E-state index contributed by atoms with van der Waals surface area (Å²) in [6.45, 7) is -0.0877. The Hall–Kier alpha value is -3.57. The van der Waals surface area contributed by atoms with Crippen LogP contribution < -0.4 is 5.32 Å². The third kappa shape index (κ3) is 5.92. The number of benzene rings is 1. The molecule has 188 valence electrons. The van der Waals surface area contributed by atoms with Crippen molar-refractivity contribution in [1.29, 1.82) is 0 Å². The van der Waals surface area contributed by atoms with Crippen LogP contribution >= 0.6 is 0 Å². The van der Waals surface area contributed by atoms with Gasteiger partial charge in [0.05, 0.1) is 12.1 Å². The van der Waals surface area contributed by atoms with E-state index < -0.39 is 61.1 Å². The van der Waals surface area contributed by atoms with Gasteiger partial charge in [0.1, 0.15) is 18.4 Å². The Kier molecular flexibility index (Phi) is 7.71. The lowest BCUT2D eigenvalue weighted by Gasteiger charge is -2.30. The van der Waals surface area contributed by atoms with Crippen LogP contribution in [-0.2, 0) is 24.0 Å². The first kappa shape index (κ1) is 26.0. The third-order valence-corrected chi connectivity index (χ3v) is 5.61. The molecule has 1 amide bonds. The topological polar surface area (TPSA) is 107 Å². The van der Waals surface area contributed by atoms with E-state index in [4.69, 9.17) is 4.84 Å². The molecule has 2 heterocycles. The van der Waals surface area contributed by atoms with Crippen LogP contribution in [-0.4, -0.2) is 59.5 Å². The van der Waals surface area contributed by atoms with Gasteiger partial charge in [-0.25, -0.2) is 4.39 Å². The molecule has 0 aliphatic carbocycles. The minimum absolute atomic E-state index is 0.0490. The number of nitrogens with one attached hydrogen (secondary N) is 1. The van der Waals surface area contributed by atoms with Crippen molar-refractivity contribution in [3.8, 4) is 0 Å². The molecule has 0 radical (unpaired) electrons. The predicted octanol–water partition coefficient (Wildman–Crippen LogP) is 3.27. The van der Waals surface area contributed by atoms with Crippen LogP contribution in [0.2, 0.25) is 0 Å². The van der Waals surface area contributed by atoms with Crippen LogP contribution in [0.15, 0.2) is 41.7 Å². The molecule has 12 heteroatoms. The maximum absolute atomic E-state index is 13.2. The van der Waals surface area contributed by atoms with Crippen LogP contribution in [0.5, 0.6) is 0 Å².